The fourth-order valence-electron chi connectivity index (χ4n) is 3.26. The minimum Gasteiger partial charge on any atom is -0.360 e. The quantitative estimate of drug-likeness (QED) is 0.871. The van der Waals surface area contributed by atoms with Gasteiger partial charge in [-0.3, -0.25) is 0 Å². The molecule has 1 atom stereocenters. The van der Waals surface area contributed by atoms with Gasteiger partial charge < -0.3 is 4.52 Å². The Balaban J connectivity index is 2.06. The summed E-state index contributed by atoms with van der Waals surface area (Å²) in [6.07, 6.45) is 1.70. The molecular weight excluding hydrogens is 300 g/mol. The summed E-state index contributed by atoms with van der Waals surface area (Å²) in [4.78, 5) is 0.216. The van der Waals surface area contributed by atoms with E-state index in [0.717, 1.165) is 24.0 Å². The van der Waals surface area contributed by atoms with E-state index in [0.29, 0.717) is 18.0 Å². The van der Waals surface area contributed by atoms with Crippen molar-refractivity contribution in [3.63, 3.8) is 0 Å². The van der Waals surface area contributed by atoms with Gasteiger partial charge in [-0.1, -0.05) is 29.4 Å². The Morgan fingerprint density at radius 1 is 1.23 bits per heavy atom. The second-order valence-electron chi connectivity index (χ2n) is 5.78. The van der Waals surface area contributed by atoms with Crippen LogP contribution in [0.3, 0.4) is 0 Å². The summed E-state index contributed by atoms with van der Waals surface area (Å²) in [5.74, 6) is 0.355. The van der Waals surface area contributed by atoms with Crippen LogP contribution in [0.4, 0.5) is 0 Å². The van der Waals surface area contributed by atoms with Crippen molar-refractivity contribution in [2.45, 2.75) is 44.6 Å². The Hall–Kier alpha value is -1.66. The first-order valence-electron chi connectivity index (χ1n) is 7.43. The fourth-order valence-corrected chi connectivity index (χ4v) is 5.23. The van der Waals surface area contributed by atoms with E-state index in [1.165, 1.54) is 0 Å². The third-order valence-electron chi connectivity index (χ3n) is 4.29. The van der Waals surface area contributed by atoms with E-state index in [2.05, 4.69) is 5.16 Å². The van der Waals surface area contributed by atoms with Crippen molar-refractivity contribution in [2.75, 3.05) is 6.54 Å². The zero-order chi connectivity index (χ0) is 15.9. The van der Waals surface area contributed by atoms with Crippen molar-refractivity contribution in [1.29, 1.82) is 0 Å². The van der Waals surface area contributed by atoms with Crippen molar-refractivity contribution in [3.8, 4) is 0 Å². The summed E-state index contributed by atoms with van der Waals surface area (Å²) in [5, 5.41) is 3.79. The zero-order valence-electron chi connectivity index (χ0n) is 13.0. The molecule has 0 radical (unpaired) electrons. The highest BCUT2D eigenvalue weighted by Gasteiger charge is 2.39. The average Bonchev–Trinajstić information content (AvgIpc) is 3.07. The molecule has 0 spiro atoms. The molecule has 1 aromatic carbocycles. The molecule has 1 aliphatic heterocycles. The van der Waals surface area contributed by atoms with Crippen LogP contribution >= 0.6 is 0 Å². The predicted molar refractivity (Wildman–Crippen MR) is 83.0 cm³/mol. The molecule has 2 aromatic rings. The SMILES string of the molecule is Cc1ccccc1[C@H]1CCCN1S(=O)(=O)c1c(C)noc1C. The Bertz CT molecular complexity index is 776. The lowest BCUT2D eigenvalue weighted by molar-refractivity contribution is 0.383. The molecule has 0 N–H and O–H groups in total. The smallest absolute Gasteiger partial charge is 0.249 e. The molecule has 2 heterocycles. The van der Waals surface area contributed by atoms with Crippen LogP contribution in [0, 0.1) is 20.8 Å². The Morgan fingerprint density at radius 2 is 1.95 bits per heavy atom. The van der Waals surface area contributed by atoms with Gasteiger partial charge in [-0.25, -0.2) is 8.42 Å². The highest BCUT2D eigenvalue weighted by Crippen LogP contribution is 2.38. The van der Waals surface area contributed by atoms with Crippen LogP contribution in [0.25, 0.3) is 0 Å². The van der Waals surface area contributed by atoms with Crippen molar-refractivity contribution in [1.82, 2.24) is 9.46 Å². The van der Waals surface area contributed by atoms with Crippen LogP contribution in [0.1, 0.15) is 41.5 Å². The van der Waals surface area contributed by atoms with Gasteiger partial charge in [-0.05, 0) is 44.7 Å². The number of sulfonamides is 1. The first kappa shape index (κ1) is 15.2. The second-order valence-corrected chi connectivity index (χ2v) is 7.61. The van der Waals surface area contributed by atoms with Crippen molar-refractivity contribution in [2.24, 2.45) is 0 Å². The van der Waals surface area contributed by atoms with E-state index in [9.17, 15) is 8.42 Å². The standard InChI is InChI=1S/C16H20N2O3S/c1-11-7-4-5-8-14(11)15-9-6-10-18(15)22(19,20)16-12(2)17-21-13(16)3/h4-5,7-8,15H,6,9-10H2,1-3H3/t15-/m1/s1. The number of hydrogen-bond donors (Lipinski definition) is 0. The van der Waals surface area contributed by atoms with Gasteiger partial charge in [0.05, 0.1) is 6.04 Å². The van der Waals surface area contributed by atoms with E-state index >= 15 is 0 Å². The molecule has 5 nitrogen and oxygen atoms in total. The van der Waals surface area contributed by atoms with Crippen LogP contribution < -0.4 is 0 Å². The number of aromatic nitrogens is 1. The van der Waals surface area contributed by atoms with Gasteiger partial charge in [0.2, 0.25) is 10.0 Å². The molecule has 6 heteroatoms. The fraction of sp³-hybridized carbons (Fsp3) is 0.438. The van der Waals surface area contributed by atoms with Gasteiger partial charge >= 0.3 is 0 Å². The molecule has 1 fully saturated rings. The first-order chi connectivity index (χ1) is 10.4. The zero-order valence-corrected chi connectivity index (χ0v) is 13.9. The molecule has 1 aromatic heterocycles. The summed E-state index contributed by atoms with van der Waals surface area (Å²) in [7, 11) is -3.59. The van der Waals surface area contributed by atoms with Crippen molar-refractivity contribution < 1.29 is 12.9 Å². The highest BCUT2D eigenvalue weighted by atomic mass is 32.2. The largest absolute Gasteiger partial charge is 0.360 e. The Labute approximate surface area is 131 Å². The minimum atomic E-state index is -3.59. The third-order valence-corrected chi connectivity index (χ3v) is 6.44. The molecule has 118 valence electrons. The molecular formula is C16H20N2O3S. The summed E-state index contributed by atoms with van der Waals surface area (Å²) < 4.78 is 32.8. The van der Waals surface area contributed by atoms with Crippen molar-refractivity contribution >= 4 is 10.0 Å². The van der Waals surface area contributed by atoms with Gasteiger partial charge in [-0.15, -0.1) is 0 Å². The molecule has 1 aliphatic rings. The highest BCUT2D eigenvalue weighted by molar-refractivity contribution is 7.89. The van der Waals surface area contributed by atoms with Crippen LogP contribution in [0.15, 0.2) is 33.7 Å². The molecule has 0 unspecified atom stereocenters. The maximum absolute atomic E-state index is 13.1. The van der Waals surface area contributed by atoms with E-state index < -0.39 is 10.0 Å². The van der Waals surface area contributed by atoms with Crippen molar-refractivity contribution in [3.05, 3.63) is 46.8 Å². The molecule has 3 rings (SSSR count). The monoisotopic (exact) mass is 320 g/mol. The number of hydrogen-bond acceptors (Lipinski definition) is 4. The number of rotatable bonds is 3. The second kappa shape index (κ2) is 5.52. The van der Waals surface area contributed by atoms with Gasteiger partial charge in [-0.2, -0.15) is 4.31 Å². The molecule has 0 saturated carbocycles. The summed E-state index contributed by atoms with van der Waals surface area (Å²) in [5.41, 5.74) is 2.62. The summed E-state index contributed by atoms with van der Waals surface area (Å²) in [6.45, 7) is 5.87. The van der Waals surface area contributed by atoms with Crippen LogP contribution in [-0.2, 0) is 10.0 Å². The number of aryl methyl sites for hydroxylation is 3. The Kier molecular flexibility index (Phi) is 3.82. The average molecular weight is 320 g/mol. The maximum atomic E-state index is 13.1. The van der Waals surface area contributed by atoms with E-state index in [1.54, 1.807) is 18.2 Å². The van der Waals surface area contributed by atoms with E-state index in [4.69, 9.17) is 4.52 Å². The number of nitrogens with zero attached hydrogens (tertiary/aromatic N) is 2. The van der Waals surface area contributed by atoms with Gasteiger partial charge in [0, 0.05) is 6.54 Å². The van der Waals surface area contributed by atoms with Gasteiger partial charge in [0.15, 0.2) is 5.76 Å². The Morgan fingerprint density at radius 3 is 2.59 bits per heavy atom. The molecule has 1 saturated heterocycles. The lowest BCUT2D eigenvalue weighted by Crippen LogP contribution is -2.31. The van der Waals surface area contributed by atoms with Gasteiger partial charge in [0.25, 0.3) is 0 Å². The lowest BCUT2D eigenvalue weighted by Gasteiger charge is -2.25. The maximum Gasteiger partial charge on any atom is 0.249 e. The van der Waals surface area contributed by atoms with Gasteiger partial charge in [0.1, 0.15) is 10.6 Å². The molecule has 0 bridgehead atoms. The van der Waals surface area contributed by atoms with Crippen LogP contribution in [0.2, 0.25) is 0 Å². The lowest BCUT2D eigenvalue weighted by atomic mass is 10.0. The third kappa shape index (κ3) is 2.36. The topological polar surface area (TPSA) is 63.4 Å². The predicted octanol–water partition coefficient (Wildman–Crippen LogP) is 3.13. The molecule has 0 aliphatic carbocycles. The van der Waals surface area contributed by atoms with Crippen LogP contribution in [-0.4, -0.2) is 24.4 Å². The summed E-state index contributed by atoms with van der Waals surface area (Å²) in [6, 6.07) is 7.86. The van der Waals surface area contributed by atoms with Crippen LogP contribution in [0.5, 0.6) is 0 Å². The first-order valence-corrected chi connectivity index (χ1v) is 8.87. The van der Waals surface area contributed by atoms with E-state index in [1.807, 2.05) is 31.2 Å². The molecule has 22 heavy (non-hydrogen) atoms. The summed E-state index contributed by atoms with van der Waals surface area (Å²) >= 11 is 0. The number of benzene rings is 1. The normalized spacial score (nSPS) is 19.7. The molecule has 0 amide bonds. The minimum absolute atomic E-state index is 0.111. The van der Waals surface area contributed by atoms with E-state index in [-0.39, 0.29) is 10.9 Å².